The minimum absolute atomic E-state index is 0.0428. The first-order valence-electron chi connectivity index (χ1n) is 12.4. The van der Waals surface area contributed by atoms with Gasteiger partial charge in [0.2, 0.25) is 0 Å². The van der Waals surface area contributed by atoms with E-state index >= 15 is 0 Å². The highest BCUT2D eigenvalue weighted by Crippen LogP contribution is 2.39. The van der Waals surface area contributed by atoms with E-state index in [1.54, 1.807) is 36.4 Å². The van der Waals surface area contributed by atoms with E-state index in [-0.39, 0.29) is 11.7 Å². The van der Waals surface area contributed by atoms with Gasteiger partial charge in [0, 0.05) is 5.92 Å². The molecule has 1 aliphatic heterocycles. The topological polar surface area (TPSA) is 113 Å². The Morgan fingerprint density at radius 3 is 2.06 bits per heavy atom. The molecule has 1 atom stereocenters. The van der Waals surface area contributed by atoms with Crippen LogP contribution in [0.2, 0.25) is 0 Å². The van der Waals surface area contributed by atoms with Gasteiger partial charge in [-0.2, -0.15) is 8.42 Å². The van der Waals surface area contributed by atoms with Gasteiger partial charge >= 0.3 is 5.97 Å². The van der Waals surface area contributed by atoms with Gasteiger partial charge in [-0.25, -0.2) is 4.79 Å². The molecule has 0 spiro atoms. The Morgan fingerprint density at radius 2 is 1.49 bits per heavy atom. The van der Waals surface area contributed by atoms with E-state index in [0.717, 1.165) is 63.6 Å². The summed E-state index contributed by atoms with van der Waals surface area (Å²) in [6.45, 7) is 2.22. The molecule has 1 unspecified atom stereocenters. The SMILES string of the molecule is O=C(O)C(O)(c1ccccc1)C1CCCCC1.O=S(=O)(Cc1ccccc1)OCC1CCNCC1. The van der Waals surface area contributed by atoms with Crippen molar-refractivity contribution in [3.05, 3.63) is 71.8 Å². The largest absolute Gasteiger partial charge is 0.479 e. The fourth-order valence-electron chi connectivity index (χ4n) is 4.81. The molecule has 1 saturated heterocycles. The second-order valence-electron chi connectivity index (χ2n) is 9.44. The smallest absolute Gasteiger partial charge is 0.340 e. The van der Waals surface area contributed by atoms with E-state index in [0.29, 0.717) is 18.1 Å². The second-order valence-corrected chi connectivity index (χ2v) is 11.1. The Labute approximate surface area is 208 Å². The summed E-state index contributed by atoms with van der Waals surface area (Å²) in [6, 6.07) is 17.9. The number of hydrogen-bond donors (Lipinski definition) is 3. The van der Waals surface area contributed by atoms with Crippen LogP contribution in [0.25, 0.3) is 0 Å². The van der Waals surface area contributed by atoms with Crippen molar-refractivity contribution >= 4 is 16.1 Å². The molecule has 1 aliphatic carbocycles. The number of carboxylic acid groups (broad SMARTS) is 1. The molecule has 2 aliphatic rings. The van der Waals surface area contributed by atoms with Gasteiger partial charge < -0.3 is 15.5 Å². The average Bonchev–Trinajstić information content (AvgIpc) is 2.89. The van der Waals surface area contributed by atoms with Crippen molar-refractivity contribution in [3.8, 4) is 0 Å². The van der Waals surface area contributed by atoms with Gasteiger partial charge in [-0.1, -0.05) is 79.9 Å². The molecule has 2 aromatic rings. The third-order valence-electron chi connectivity index (χ3n) is 6.86. The predicted molar refractivity (Wildman–Crippen MR) is 135 cm³/mol. The van der Waals surface area contributed by atoms with Crippen LogP contribution in [0.4, 0.5) is 0 Å². The van der Waals surface area contributed by atoms with E-state index < -0.39 is 21.7 Å². The van der Waals surface area contributed by atoms with Crippen LogP contribution < -0.4 is 5.32 Å². The highest BCUT2D eigenvalue weighted by molar-refractivity contribution is 7.85. The highest BCUT2D eigenvalue weighted by atomic mass is 32.2. The van der Waals surface area contributed by atoms with E-state index in [4.69, 9.17) is 4.18 Å². The molecule has 2 fully saturated rings. The molecule has 0 bridgehead atoms. The summed E-state index contributed by atoms with van der Waals surface area (Å²) in [5.74, 6) is -0.984. The molecule has 7 nitrogen and oxygen atoms in total. The molecule has 0 amide bonds. The summed E-state index contributed by atoms with van der Waals surface area (Å²) in [6.07, 6.45) is 6.71. The number of nitrogens with one attached hydrogen (secondary N) is 1. The van der Waals surface area contributed by atoms with Crippen molar-refractivity contribution in [2.75, 3.05) is 19.7 Å². The molecule has 3 N–H and O–H groups in total. The van der Waals surface area contributed by atoms with Crippen LogP contribution >= 0.6 is 0 Å². The van der Waals surface area contributed by atoms with Crippen molar-refractivity contribution in [1.29, 1.82) is 0 Å². The van der Waals surface area contributed by atoms with Gasteiger partial charge in [0.1, 0.15) is 5.75 Å². The third kappa shape index (κ3) is 8.14. The first kappa shape index (κ1) is 27.3. The van der Waals surface area contributed by atoms with Crippen LogP contribution in [0, 0.1) is 11.8 Å². The maximum Gasteiger partial charge on any atom is 0.340 e. The Kier molecular flexibility index (Phi) is 10.3. The minimum atomic E-state index is -3.45. The van der Waals surface area contributed by atoms with Crippen molar-refractivity contribution in [2.45, 2.75) is 56.3 Å². The van der Waals surface area contributed by atoms with Crippen LogP contribution in [0.3, 0.4) is 0 Å². The van der Waals surface area contributed by atoms with Gasteiger partial charge in [0.25, 0.3) is 10.1 Å². The monoisotopic (exact) mass is 503 g/mol. The zero-order valence-electron chi connectivity index (χ0n) is 20.1. The van der Waals surface area contributed by atoms with Crippen LogP contribution in [-0.2, 0) is 30.4 Å². The molecule has 1 saturated carbocycles. The summed E-state index contributed by atoms with van der Waals surface area (Å²) < 4.78 is 28.7. The lowest BCUT2D eigenvalue weighted by Gasteiger charge is -2.35. The van der Waals surface area contributed by atoms with Gasteiger partial charge in [-0.15, -0.1) is 0 Å². The molecule has 2 aromatic carbocycles. The van der Waals surface area contributed by atoms with Crippen LogP contribution in [0.5, 0.6) is 0 Å². The lowest BCUT2D eigenvalue weighted by Crippen LogP contribution is -2.43. The van der Waals surface area contributed by atoms with E-state index in [1.807, 2.05) is 24.3 Å². The van der Waals surface area contributed by atoms with Gasteiger partial charge in [0.05, 0.1) is 6.61 Å². The molecular weight excluding hydrogens is 466 g/mol. The van der Waals surface area contributed by atoms with Crippen LogP contribution in [0.15, 0.2) is 60.7 Å². The third-order valence-corrected chi connectivity index (χ3v) is 8.05. The number of aliphatic hydroxyl groups is 1. The number of carboxylic acids is 1. The van der Waals surface area contributed by atoms with Crippen molar-refractivity contribution in [1.82, 2.24) is 5.32 Å². The zero-order valence-corrected chi connectivity index (χ0v) is 21.0. The summed E-state index contributed by atoms with van der Waals surface area (Å²) in [7, 11) is -3.45. The molecular formula is C27H37NO6S. The van der Waals surface area contributed by atoms with Crippen molar-refractivity contribution in [2.24, 2.45) is 11.8 Å². The number of carbonyl (C=O) groups is 1. The summed E-state index contributed by atoms with van der Waals surface area (Å²) in [5, 5.41) is 23.2. The van der Waals surface area contributed by atoms with Crippen molar-refractivity contribution in [3.63, 3.8) is 0 Å². The Bertz CT molecular complexity index is 1000. The van der Waals surface area contributed by atoms with E-state index in [9.17, 15) is 23.4 Å². The normalized spacial score (nSPS) is 19.2. The number of aliphatic carboxylic acids is 1. The van der Waals surface area contributed by atoms with E-state index in [1.165, 1.54) is 0 Å². The van der Waals surface area contributed by atoms with Gasteiger partial charge in [0.15, 0.2) is 5.60 Å². The Balaban J connectivity index is 0.000000196. The average molecular weight is 504 g/mol. The van der Waals surface area contributed by atoms with E-state index in [2.05, 4.69) is 5.32 Å². The summed E-state index contributed by atoms with van der Waals surface area (Å²) in [5.41, 5.74) is -0.455. The minimum Gasteiger partial charge on any atom is -0.479 e. The Hall–Kier alpha value is -2.26. The number of hydrogen-bond acceptors (Lipinski definition) is 6. The maximum absolute atomic E-state index is 11.8. The van der Waals surface area contributed by atoms with Gasteiger partial charge in [-0.3, -0.25) is 4.18 Å². The lowest BCUT2D eigenvalue weighted by molar-refractivity contribution is -0.168. The fraction of sp³-hybridized carbons (Fsp3) is 0.519. The molecule has 1 heterocycles. The van der Waals surface area contributed by atoms with Crippen LogP contribution in [0.1, 0.15) is 56.1 Å². The maximum atomic E-state index is 11.8. The second kappa shape index (κ2) is 13.2. The molecule has 0 aromatic heterocycles. The molecule has 0 radical (unpaired) electrons. The number of piperidine rings is 1. The predicted octanol–water partition coefficient (Wildman–Crippen LogP) is 4.07. The first-order chi connectivity index (χ1) is 16.8. The molecule has 8 heteroatoms. The standard InChI is InChI=1S/C14H18O3.C13H19NO3S/c15-13(16)14(17,11-7-3-1-4-8-11)12-9-5-2-6-10-12;15-18(16,11-13-4-2-1-3-5-13)17-10-12-6-8-14-9-7-12/h1,3-4,7-8,12,17H,2,5-6,9-10H2,(H,15,16);1-5,12,14H,6-11H2. The van der Waals surface area contributed by atoms with Crippen molar-refractivity contribution < 1.29 is 27.6 Å². The number of rotatable bonds is 8. The summed E-state index contributed by atoms with van der Waals surface area (Å²) >= 11 is 0. The fourth-order valence-corrected chi connectivity index (χ4v) is 5.90. The van der Waals surface area contributed by atoms with Crippen LogP contribution in [-0.4, -0.2) is 44.3 Å². The lowest BCUT2D eigenvalue weighted by atomic mass is 9.73. The molecule has 192 valence electrons. The first-order valence-corrected chi connectivity index (χ1v) is 14.0. The Morgan fingerprint density at radius 1 is 0.914 bits per heavy atom. The molecule has 35 heavy (non-hydrogen) atoms. The summed E-state index contributed by atoms with van der Waals surface area (Å²) in [4.78, 5) is 11.5. The number of benzene rings is 2. The zero-order chi connectivity index (χ0) is 25.2. The van der Waals surface area contributed by atoms with Gasteiger partial charge in [-0.05, 0) is 55.8 Å². The highest BCUT2D eigenvalue weighted by Gasteiger charge is 2.45. The quantitative estimate of drug-likeness (QED) is 0.466. The molecule has 4 rings (SSSR count).